The summed E-state index contributed by atoms with van der Waals surface area (Å²) < 4.78 is 11.3. The maximum Gasteiger partial charge on any atom is 0.221 e. The van der Waals surface area contributed by atoms with E-state index in [1.807, 2.05) is 48.8 Å². The first kappa shape index (κ1) is 20.0. The average molecular weight is 425 g/mol. The van der Waals surface area contributed by atoms with Crippen LogP contribution in [-0.2, 0) is 6.42 Å². The summed E-state index contributed by atoms with van der Waals surface area (Å²) in [5.41, 5.74) is 10.7. The molecule has 0 amide bonds. The number of nitrogens with zero attached hydrogens (tertiary/aromatic N) is 2. The van der Waals surface area contributed by atoms with Crippen LogP contribution in [0.4, 0.5) is 0 Å². The lowest BCUT2D eigenvalue weighted by Crippen LogP contribution is -2.30. The number of fused-ring (bicyclic) bond motifs is 2. The Labute approximate surface area is 186 Å². The number of methoxy groups -OCH3 is 1. The second kappa shape index (κ2) is 8.69. The minimum atomic E-state index is -0.126. The third-order valence-electron chi connectivity index (χ3n) is 5.59. The fourth-order valence-electron chi connectivity index (χ4n) is 3.99. The van der Waals surface area contributed by atoms with Gasteiger partial charge in [-0.2, -0.15) is 0 Å². The summed E-state index contributed by atoms with van der Waals surface area (Å²) in [6, 6.07) is 18.2. The van der Waals surface area contributed by atoms with Crippen molar-refractivity contribution in [2.75, 3.05) is 13.7 Å². The average Bonchev–Trinajstić information content (AvgIpc) is 3.25. The van der Waals surface area contributed by atoms with Crippen LogP contribution in [0.2, 0.25) is 0 Å². The van der Waals surface area contributed by atoms with E-state index < -0.39 is 0 Å². The van der Waals surface area contributed by atoms with Crippen LogP contribution in [-0.4, -0.2) is 34.7 Å². The lowest BCUT2D eigenvalue weighted by molar-refractivity contribution is 0.287. The Morgan fingerprint density at radius 3 is 2.81 bits per heavy atom. The van der Waals surface area contributed by atoms with E-state index >= 15 is 0 Å². The molecule has 0 saturated carbocycles. The van der Waals surface area contributed by atoms with Gasteiger partial charge in [-0.25, -0.2) is 4.98 Å². The first-order valence-corrected chi connectivity index (χ1v) is 10.5. The molecule has 6 nitrogen and oxygen atoms in total. The Morgan fingerprint density at radius 1 is 1.00 bits per heavy atom. The van der Waals surface area contributed by atoms with Crippen molar-refractivity contribution in [3.63, 3.8) is 0 Å². The summed E-state index contributed by atoms with van der Waals surface area (Å²) in [5, 5.41) is 3.23. The molecule has 0 radical (unpaired) electrons. The number of hydrogen-bond acceptors (Lipinski definition) is 5. The van der Waals surface area contributed by atoms with Crippen LogP contribution < -0.4 is 15.2 Å². The van der Waals surface area contributed by atoms with Crippen LogP contribution in [0.3, 0.4) is 0 Å². The van der Waals surface area contributed by atoms with Gasteiger partial charge in [0.25, 0.3) is 0 Å². The fraction of sp³-hybridized carbons (Fsp3) is 0.154. The zero-order valence-corrected chi connectivity index (χ0v) is 17.8. The number of nitrogens with two attached hydrogens (primary N) is 1. The van der Waals surface area contributed by atoms with Crippen LogP contribution in [0.15, 0.2) is 79.4 Å². The number of hydrogen-bond donors (Lipinski definition) is 2. The van der Waals surface area contributed by atoms with Gasteiger partial charge in [0, 0.05) is 46.5 Å². The van der Waals surface area contributed by atoms with E-state index in [-0.39, 0.29) is 6.04 Å². The minimum absolute atomic E-state index is 0.126. The van der Waals surface area contributed by atoms with E-state index in [2.05, 4.69) is 33.2 Å². The highest BCUT2D eigenvalue weighted by Crippen LogP contribution is 2.29. The molecule has 0 aliphatic rings. The van der Waals surface area contributed by atoms with E-state index in [4.69, 9.17) is 15.2 Å². The number of ether oxygens (including phenoxy) is 2. The van der Waals surface area contributed by atoms with Crippen molar-refractivity contribution in [1.82, 2.24) is 15.0 Å². The molecule has 3 heterocycles. The van der Waals surface area contributed by atoms with Gasteiger partial charge < -0.3 is 20.2 Å². The van der Waals surface area contributed by atoms with Crippen LogP contribution in [0.25, 0.3) is 32.8 Å². The molecule has 0 aliphatic heterocycles. The normalized spacial score (nSPS) is 12.2. The molecule has 5 rings (SSSR count). The summed E-state index contributed by atoms with van der Waals surface area (Å²) in [7, 11) is 1.63. The molecule has 0 spiro atoms. The van der Waals surface area contributed by atoms with Gasteiger partial charge in [0.15, 0.2) is 0 Å². The highest BCUT2D eigenvalue weighted by Gasteiger charge is 2.11. The molecule has 6 heteroatoms. The number of pyridine rings is 2. The van der Waals surface area contributed by atoms with Crippen LogP contribution in [0.5, 0.6) is 11.6 Å². The number of para-hydroxylation sites is 1. The van der Waals surface area contributed by atoms with Crippen LogP contribution in [0, 0.1) is 0 Å². The SMILES string of the molecule is COc1nccc2cc(-c3cncc(OC[C@@H](N)Cc4c[nH]c5ccccc45)c3)ccc12. The third kappa shape index (κ3) is 4.00. The Balaban J connectivity index is 1.29. The van der Waals surface area contributed by atoms with Crippen LogP contribution in [0.1, 0.15) is 5.56 Å². The quantitative estimate of drug-likeness (QED) is 0.394. The number of rotatable bonds is 7. The van der Waals surface area contributed by atoms with Gasteiger partial charge in [-0.15, -0.1) is 0 Å². The van der Waals surface area contributed by atoms with E-state index in [0.717, 1.165) is 33.8 Å². The second-order valence-corrected chi connectivity index (χ2v) is 7.80. The second-order valence-electron chi connectivity index (χ2n) is 7.80. The largest absolute Gasteiger partial charge is 0.490 e. The molecule has 0 aliphatic carbocycles. The molecule has 5 aromatic rings. The minimum Gasteiger partial charge on any atom is -0.490 e. The van der Waals surface area contributed by atoms with Gasteiger partial charge in [-0.05, 0) is 53.3 Å². The highest BCUT2D eigenvalue weighted by molar-refractivity contribution is 5.90. The molecular formula is C26H24N4O2. The lowest BCUT2D eigenvalue weighted by atomic mass is 10.0. The summed E-state index contributed by atoms with van der Waals surface area (Å²) in [6.07, 6.45) is 8.06. The van der Waals surface area contributed by atoms with Crippen LogP contribution >= 0.6 is 0 Å². The lowest BCUT2D eigenvalue weighted by Gasteiger charge is -2.13. The Kier molecular flexibility index (Phi) is 5.44. The number of benzene rings is 2. The van der Waals surface area contributed by atoms with Gasteiger partial charge in [0.2, 0.25) is 5.88 Å². The van der Waals surface area contributed by atoms with E-state index in [1.54, 1.807) is 19.5 Å². The zero-order valence-electron chi connectivity index (χ0n) is 17.8. The van der Waals surface area contributed by atoms with Crippen molar-refractivity contribution in [2.24, 2.45) is 5.73 Å². The van der Waals surface area contributed by atoms with Crippen molar-refractivity contribution in [2.45, 2.75) is 12.5 Å². The maximum absolute atomic E-state index is 6.37. The van der Waals surface area contributed by atoms with Gasteiger partial charge in [0.05, 0.1) is 13.3 Å². The van der Waals surface area contributed by atoms with Gasteiger partial charge in [0.1, 0.15) is 12.4 Å². The standard InChI is InChI=1S/C26H24N4O2/c1-31-26-24-7-6-17(10-18(24)8-9-29-26)19-12-22(15-28-13-19)32-16-21(27)11-20-14-30-25-5-3-2-4-23(20)25/h2-10,12-15,21,30H,11,16,27H2,1H3/t21-/m0/s1. The summed E-state index contributed by atoms with van der Waals surface area (Å²) >= 11 is 0. The summed E-state index contributed by atoms with van der Waals surface area (Å²) in [5.74, 6) is 1.32. The number of nitrogens with one attached hydrogen (secondary N) is 1. The molecule has 3 aromatic heterocycles. The predicted molar refractivity (Wildman–Crippen MR) is 127 cm³/mol. The van der Waals surface area contributed by atoms with Crippen molar-refractivity contribution in [3.8, 4) is 22.8 Å². The van der Waals surface area contributed by atoms with Crippen molar-refractivity contribution >= 4 is 21.7 Å². The number of aromatic nitrogens is 3. The summed E-state index contributed by atoms with van der Waals surface area (Å²) in [6.45, 7) is 0.408. The molecule has 32 heavy (non-hydrogen) atoms. The third-order valence-corrected chi connectivity index (χ3v) is 5.59. The first-order valence-electron chi connectivity index (χ1n) is 10.5. The molecule has 2 aromatic carbocycles. The molecule has 160 valence electrons. The van der Waals surface area contributed by atoms with Gasteiger partial charge >= 0.3 is 0 Å². The maximum atomic E-state index is 6.37. The fourth-order valence-corrected chi connectivity index (χ4v) is 3.99. The molecule has 1 atom stereocenters. The molecule has 3 N–H and O–H groups in total. The number of H-pyrrole nitrogens is 1. The highest BCUT2D eigenvalue weighted by atomic mass is 16.5. The van der Waals surface area contributed by atoms with E-state index in [9.17, 15) is 0 Å². The molecule has 0 fully saturated rings. The monoisotopic (exact) mass is 424 g/mol. The van der Waals surface area contributed by atoms with E-state index in [0.29, 0.717) is 18.2 Å². The van der Waals surface area contributed by atoms with E-state index in [1.165, 1.54) is 10.9 Å². The molecule has 0 bridgehead atoms. The van der Waals surface area contributed by atoms with Crippen molar-refractivity contribution in [3.05, 3.63) is 84.9 Å². The Hall–Kier alpha value is -3.90. The van der Waals surface area contributed by atoms with Gasteiger partial charge in [-0.1, -0.05) is 24.3 Å². The first-order chi connectivity index (χ1) is 15.7. The zero-order chi connectivity index (χ0) is 21.9. The van der Waals surface area contributed by atoms with Crippen molar-refractivity contribution in [1.29, 1.82) is 0 Å². The Bertz CT molecular complexity index is 1380. The predicted octanol–water partition coefficient (Wildman–Crippen LogP) is 4.74. The molecular weight excluding hydrogens is 400 g/mol. The van der Waals surface area contributed by atoms with Crippen molar-refractivity contribution < 1.29 is 9.47 Å². The van der Waals surface area contributed by atoms with Gasteiger partial charge in [-0.3, -0.25) is 4.98 Å². The Morgan fingerprint density at radius 2 is 1.91 bits per heavy atom. The smallest absolute Gasteiger partial charge is 0.221 e. The summed E-state index contributed by atoms with van der Waals surface area (Å²) in [4.78, 5) is 11.9. The molecule has 0 saturated heterocycles. The number of aromatic amines is 1. The topological polar surface area (TPSA) is 86.1 Å². The molecule has 0 unspecified atom stereocenters.